The van der Waals surface area contributed by atoms with Crippen molar-refractivity contribution in [2.24, 2.45) is 0 Å². The summed E-state index contributed by atoms with van der Waals surface area (Å²) in [5.74, 6) is -0.275. The summed E-state index contributed by atoms with van der Waals surface area (Å²) in [5.41, 5.74) is 5.21. The van der Waals surface area contributed by atoms with Crippen LogP contribution in [0.5, 0.6) is 0 Å². The molecule has 0 spiro atoms. The summed E-state index contributed by atoms with van der Waals surface area (Å²) in [6, 6.07) is 22.9. The number of nitrogens with zero attached hydrogens (tertiary/aromatic N) is 3. The predicted molar refractivity (Wildman–Crippen MR) is 112 cm³/mol. The molecule has 5 heteroatoms. The Morgan fingerprint density at radius 2 is 1.72 bits per heavy atom. The summed E-state index contributed by atoms with van der Waals surface area (Å²) in [5, 5.41) is 7.13. The van der Waals surface area contributed by atoms with Crippen LogP contribution in [0, 0.1) is 5.82 Å². The highest BCUT2D eigenvalue weighted by atomic mass is 19.1. The van der Waals surface area contributed by atoms with Gasteiger partial charge in [0.15, 0.2) is 5.65 Å². The van der Waals surface area contributed by atoms with E-state index in [1.54, 1.807) is 25.4 Å². The largest absolute Gasteiger partial charge is 0.378 e. The highest BCUT2D eigenvalue weighted by Crippen LogP contribution is 2.33. The SMILES string of the molecule is COCc1nn2c(-c3cccc4ccccc34)ccnc2c1-c1ccc(F)cc1. The maximum Gasteiger partial charge on any atom is 0.163 e. The smallest absolute Gasteiger partial charge is 0.163 e. The molecule has 0 aliphatic carbocycles. The van der Waals surface area contributed by atoms with E-state index in [-0.39, 0.29) is 5.82 Å². The summed E-state index contributed by atoms with van der Waals surface area (Å²) in [6.07, 6.45) is 1.79. The first-order chi connectivity index (χ1) is 14.3. The van der Waals surface area contributed by atoms with Crippen molar-refractivity contribution in [2.45, 2.75) is 6.61 Å². The minimum absolute atomic E-state index is 0.275. The normalized spacial score (nSPS) is 11.4. The van der Waals surface area contributed by atoms with Crippen LogP contribution < -0.4 is 0 Å². The first-order valence-electron chi connectivity index (χ1n) is 9.36. The topological polar surface area (TPSA) is 39.4 Å². The maximum atomic E-state index is 13.5. The van der Waals surface area contributed by atoms with Gasteiger partial charge in [0.25, 0.3) is 0 Å². The minimum atomic E-state index is -0.275. The molecule has 0 N–H and O–H groups in total. The summed E-state index contributed by atoms with van der Waals surface area (Å²) >= 11 is 0. The lowest BCUT2D eigenvalue weighted by atomic mass is 10.0. The second-order valence-electron chi connectivity index (χ2n) is 6.85. The van der Waals surface area contributed by atoms with E-state index in [9.17, 15) is 4.39 Å². The summed E-state index contributed by atoms with van der Waals surface area (Å²) in [7, 11) is 1.64. The Kier molecular flexibility index (Phi) is 4.30. The number of fused-ring (bicyclic) bond motifs is 2. The van der Waals surface area contributed by atoms with Crippen molar-refractivity contribution in [3.8, 4) is 22.4 Å². The average Bonchev–Trinajstić information content (AvgIpc) is 3.12. The highest BCUT2D eigenvalue weighted by Gasteiger charge is 2.19. The van der Waals surface area contributed by atoms with Gasteiger partial charge in [0, 0.05) is 18.9 Å². The molecule has 5 aromatic rings. The first kappa shape index (κ1) is 17.5. The molecule has 0 fully saturated rings. The molecule has 0 unspecified atom stereocenters. The average molecular weight is 383 g/mol. The standard InChI is InChI=1S/C24H18FN3O/c1-29-15-21-23(17-9-11-18(25)12-10-17)24-26-14-13-22(28(24)27-21)20-8-4-6-16-5-2-3-7-19(16)20/h2-14H,15H2,1H3. The van der Waals surface area contributed by atoms with Crippen molar-refractivity contribution in [3.63, 3.8) is 0 Å². The molecule has 0 saturated heterocycles. The third-order valence-corrected chi connectivity index (χ3v) is 5.07. The van der Waals surface area contributed by atoms with Crippen LogP contribution in [0.4, 0.5) is 4.39 Å². The monoisotopic (exact) mass is 383 g/mol. The van der Waals surface area contributed by atoms with Gasteiger partial charge in [-0.05, 0) is 34.5 Å². The van der Waals surface area contributed by atoms with Gasteiger partial charge in [-0.3, -0.25) is 0 Å². The Hall–Kier alpha value is -3.57. The van der Waals surface area contributed by atoms with Gasteiger partial charge >= 0.3 is 0 Å². The van der Waals surface area contributed by atoms with E-state index in [2.05, 4.69) is 29.2 Å². The minimum Gasteiger partial charge on any atom is -0.378 e. The fraction of sp³-hybridized carbons (Fsp3) is 0.0833. The molecule has 29 heavy (non-hydrogen) atoms. The van der Waals surface area contributed by atoms with Crippen molar-refractivity contribution in [3.05, 3.63) is 90.5 Å². The number of halogens is 1. The molecule has 3 aromatic carbocycles. The molecule has 0 aliphatic heterocycles. The molecule has 0 radical (unpaired) electrons. The second-order valence-corrected chi connectivity index (χ2v) is 6.85. The Morgan fingerprint density at radius 1 is 0.931 bits per heavy atom. The molecule has 5 rings (SSSR count). The zero-order valence-corrected chi connectivity index (χ0v) is 15.8. The van der Waals surface area contributed by atoms with Crippen LogP contribution in [0.3, 0.4) is 0 Å². The Bertz CT molecular complexity index is 1320. The van der Waals surface area contributed by atoms with Crippen LogP contribution in [-0.4, -0.2) is 21.7 Å². The zero-order valence-electron chi connectivity index (χ0n) is 15.8. The van der Waals surface area contributed by atoms with Gasteiger partial charge in [0.1, 0.15) is 5.82 Å². The number of methoxy groups -OCH3 is 1. The van der Waals surface area contributed by atoms with E-state index in [1.807, 2.05) is 28.8 Å². The van der Waals surface area contributed by atoms with Gasteiger partial charge in [-0.25, -0.2) is 13.9 Å². The Morgan fingerprint density at radius 3 is 2.55 bits per heavy atom. The molecule has 0 bridgehead atoms. The lowest BCUT2D eigenvalue weighted by Crippen LogP contribution is -1.97. The molecule has 142 valence electrons. The highest BCUT2D eigenvalue weighted by molar-refractivity contribution is 5.96. The quantitative estimate of drug-likeness (QED) is 0.411. The third kappa shape index (κ3) is 2.96. The van der Waals surface area contributed by atoms with E-state index < -0.39 is 0 Å². The van der Waals surface area contributed by atoms with Gasteiger partial charge in [-0.1, -0.05) is 54.6 Å². The number of aromatic nitrogens is 3. The Balaban J connectivity index is 1.81. The molecule has 2 aromatic heterocycles. The van der Waals surface area contributed by atoms with E-state index in [0.717, 1.165) is 38.9 Å². The molecular formula is C24H18FN3O. The molecule has 0 aliphatic rings. The fourth-order valence-corrected chi connectivity index (χ4v) is 3.79. The van der Waals surface area contributed by atoms with Gasteiger partial charge in [0.05, 0.1) is 23.6 Å². The van der Waals surface area contributed by atoms with Gasteiger partial charge in [0.2, 0.25) is 0 Å². The second kappa shape index (κ2) is 7.11. The van der Waals surface area contributed by atoms with Gasteiger partial charge in [-0.2, -0.15) is 5.10 Å². The predicted octanol–water partition coefficient (Wildman–Crippen LogP) is 5.50. The molecule has 4 nitrogen and oxygen atoms in total. The number of rotatable bonds is 4. The van der Waals surface area contributed by atoms with Crippen LogP contribution in [0.25, 0.3) is 38.8 Å². The summed E-state index contributed by atoms with van der Waals surface area (Å²) < 4.78 is 20.7. The van der Waals surface area contributed by atoms with Crippen molar-refractivity contribution >= 4 is 16.4 Å². The first-order valence-corrected chi connectivity index (χ1v) is 9.36. The number of ether oxygens (including phenoxy) is 1. The van der Waals surface area contributed by atoms with Crippen LogP contribution in [0.2, 0.25) is 0 Å². The van der Waals surface area contributed by atoms with Gasteiger partial charge < -0.3 is 4.74 Å². The maximum absolute atomic E-state index is 13.5. The van der Waals surface area contributed by atoms with E-state index in [0.29, 0.717) is 12.3 Å². The van der Waals surface area contributed by atoms with Crippen molar-refractivity contribution in [2.75, 3.05) is 7.11 Å². The van der Waals surface area contributed by atoms with E-state index >= 15 is 0 Å². The number of benzene rings is 3. The van der Waals surface area contributed by atoms with Crippen molar-refractivity contribution in [1.29, 1.82) is 0 Å². The van der Waals surface area contributed by atoms with Crippen molar-refractivity contribution in [1.82, 2.24) is 14.6 Å². The molecular weight excluding hydrogens is 365 g/mol. The molecule has 0 atom stereocenters. The van der Waals surface area contributed by atoms with Crippen LogP contribution in [-0.2, 0) is 11.3 Å². The Labute approximate surface area is 167 Å². The lowest BCUT2D eigenvalue weighted by Gasteiger charge is -2.09. The summed E-state index contributed by atoms with van der Waals surface area (Å²) in [6.45, 7) is 0.338. The lowest BCUT2D eigenvalue weighted by molar-refractivity contribution is 0.181. The number of hydrogen-bond acceptors (Lipinski definition) is 3. The zero-order chi connectivity index (χ0) is 19.8. The molecule has 0 amide bonds. The molecule has 2 heterocycles. The van der Waals surface area contributed by atoms with E-state index in [4.69, 9.17) is 9.84 Å². The summed E-state index contributed by atoms with van der Waals surface area (Å²) in [4.78, 5) is 4.60. The third-order valence-electron chi connectivity index (χ3n) is 5.07. The fourth-order valence-electron chi connectivity index (χ4n) is 3.79. The van der Waals surface area contributed by atoms with E-state index in [1.165, 1.54) is 12.1 Å². The van der Waals surface area contributed by atoms with Crippen molar-refractivity contribution < 1.29 is 9.13 Å². The van der Waals surface area contributed by atoms with Gasteiger partial charge in [-0.15, -0.1) is 0 Å². The number of hydrogen-bond donors (Lipinski definition) is 0. The van der Waals surface area contributed by atoms with Crippen LogP contribution >= 0.6 is 0 Å². The molecule has 0 saturated carbocycles. The van der Waals surface area contributed by atoms with Crippen LogP contribution in [0.1, 0.15) is 5.69 Å². The van der Waals surface area contributed by atoms with Crippen LogP contribution in [0.15, 0.2) is 79.0 Å².